The van der Waals surface area contributed by atoms with Crippen molar-refractivity contribution < 1.29 is 4.79 Å². The molecular weight excluding hydrogens is 288 g/mol. The van der Waals surface area contributed by atoms with Crippen molar-refractivity contribution in [1.82, 2.24) is 0 Å². The van der Waals surface area contributed by atoms with Crippen LogP contribution in [-0.4, -0.2) is 5.78 Å². The number of hydrogen-bond acceptors (Lipinski definition) is 2. The van der Waals surface area contributed by atoms with Crippen LogP contribution in [0.5, 0.6) is 0 Å². The summed E-state index contributed by atoms with van der Waals surface area (Å²) in [5, 5.41) is 3.34. The molecule has 2 aromatic rings. The van der Waals surface area contributed by atoms with Gasteiger partial charge in [-0.25, -0.2) is 0 Å². The maximum absolute atomic E-state index is 12.3. The summed E-state index contributed by atoms with van der Waals surface area (Å²) >= 11 is 1.74. The molecule has 114 valence electrons. The molecular formula is C20H22OS. The van der Waals surface area contributed by atoms with Crippen molar-refractivity contribution in [2.75, 3.05) is 0 Å². The number of ketones is 1. The van der Waals surface area contributed by atoms with Crippen LogP contribution >= 0.6 is 11.3 Å². The van der Waals surface area contributed by atoms with Crippen LogP contribution in [0.25, 0.3) is 15.7 Å². The van der Waals surface area contributed by atoms with Crippen LogP contribution in [0.1, 0.15) is 38.7 Å². The van der Waals surface area contributed by atoms with Crippen LogP contribution in [0, 0.1) is 0 Å². The molecule has 0 spiro atoms. The zero-order valence-corrected chi connectivity index (χ0v) is 14.1. The maximum Gasteiger partial charge on any atom is 0.162 e. The molecule has 0 saturated heterocycles. The Morgan fingerprint density at radius 3 is 2.82 bits per heavy atom. The van der Waals surface area contributed by atoms with Crippen molar-refractivity contribution in [3.8, 4) is 0 Å². The smallest absolute Gasteiger partial charge is 0.162 e. The van der Waals surface area contributed by atoms with Gasteiger partial charge in [0.1, 0.15) is 0 Å². The standard InChI is InChI=1S/C20H22OS/c1-4-6-16(7-5-2)19(21)10-8-15(3)17-9-11-20-18(14-17)12-13-22-20/h4,6-7,9,11-14H,3,5,8,10H2,1-2H3/b6-4-,16-7+. The van der Waals surface area contributed by atoms with Gasteiger partial charge in [-0.2, -0.15) is 0 Å². The Morgan fingerprint density at radius 1 is 1.27 bits per heavy atom. The second kappa shape index (κ2) is 7.90. The lowest BCUT2D eigenvalue weighted by Gasteiger charge is -2.07. The number of allylic oxidation sites excluding steroid dienone is 5. The molecule has 2 heteroatoms. The maximum atomic E-state index is 12.3. The summed E-state index contributed by atoms with van der Waals surface area (Å²) in [5.41, 5.74) is 2.97. The van der Waals surface area contributed by atoms with E-state index in [2.05, 4.69) is 36.2 Å². The van der Waals surface area contributed by atoms with E-state index in [-0.39, 0.29) is 5.78 Å². The third-order valence-corrected chi connectivity index (χ3v) is 4.50. The first kappa shape index (κ1) is 16.4. The van der Waals surface area contributed by atoms with E-state index in [9.17, 15) is 4.79 Å². The first-order valence-corrected chi connectivity index (χ1v) is 8.55. The number of rotatable bonds is 7. The molecule has 1 aromatic carbocycles. The Labute approximate surface area is 136 Å². The van der Waals surface area contributed by atoms with Crippen molar-refractivity contribution >= 4 is 32.8 Å². The monoisotopic (exact) mass is 310 g/mol. The van der Waals surface area contributed by atoms with Crippen LogP contribution in [0.4, 0.5) is 0 Å². The van der Waals surface area contributed by atoms with Crippen LogP contribution in [0.2, 0.25) is 0 Å². The van der Waals surface area contributed by atoms with Crippen LogP contribution in [0.15, 0.2) is 60.0 Å². The number of fused-ring (bicyclic) bond motifs is 1. The molecule has 1 nitrogen and oxygen atoms in total. The molecule has 1 heterocycles. The van der Waals surface area contributed by atoms with Gasteiger partial charge in [-0.05, 0) is 59.9 Å². The van der Waals surface area contributed by atoms with Gasteiger partial charge in [0, 0.05) is 16.7 Å². The zero-order chi connectivity index (χ0) is 15.9. The molecule has 0 amide bonds. The number of carbonyl (C=O) groups is 1. The van der Waals surface area contributed by atoms with Gasteiger partial charge in [-0.15, -0.1) is 11.3 Å². The lowest BCUT2D eigenvalue weighted by Crippen LogP contribution is -2.01. The largest absolute Gasteiger partial charge is 0.294 e. The quantitative estimate of drug-likeness (QED) is 0.441. The van der Waals surface area contributed by atoms with Gasteiger partial charge < -0.3 is 0 Å². The Hall–Kier alpha value is -1.93. The second-order valence-corrected chi connectivity index (χ2v) is 6.22. The average Bonchev–Trinajstić information content (AvgIpc) is 2.99. The highest BCUT2D eigenvalue weighted by Crippen LogP contribution is 2.26. The fourth-order valence-corrected chi connectivity index (χ4v) is 3.18. The minimum atomic E-state index is 0.192. The van der Waals surface area contributed by atoms with E-state index < -0.39 is 0 Å². The molecule has 2 rings (SSSR count). The Balaban J connectivity index is 2.02. The van der Waals surface area contributed by atoms with Gasteiger partial charge in [0.2, 0.25) is 0 Å². The van der Waals surface area contributed by atoms with E-state index >= 15 is 0 Å². The number of thiophene rings is 1. The third-order valence-electron chi connectivity index (χ3n) is 3.61. The second-order valence-electron chi connectivity index (χ2n) is 5.27. The van der Waals surface area contributed by atoms with Crippen molar-refractivity contribution in [1.29, 1.82) is 0 Å². The number of Topliss-reactive ketones (excluding diaryl/α,β-unsaturated/α-hetero) is 1. The summed E-state index contributed by atoms with van der Waals surface area (Å²) in [6, 6.07) is 8.51. The molecule has 0 bridgehead atoms. The molecule has 0 atom stereocenters. The third kappa shape index (κ3) is 4.05. The predicted octanol–water partition coefficient (Wildman–Crippen LogP) is 6.18. The van der Waals surface area contributed by atoms with Gasteiger partial charge in [0.15, 0.2) is 5.78 Å². The Morgan fingerprint density at radius 2 is 2.09 bits per heavy atom. The number of hydrogen-bond donors (Lipinski definition) is 0. The molecule has 0 aliphatic rings. The highest BCUT2D eigenvalue weighted by molar-refractivity contribution is 7.17. The van der Waals surface area contributed by atoms with Gasteiger partial charge >= 0.3 is 0 Å². The van der Waals surface area contributed by atoms with Crippen LogP contribution in [-0.2, 0) is 4.79 Å². The predicted molar refractivity (Wildman–Crippen MR) is 98.3 cm³/mol. The molecule has 0 aliphatic carbocycles. The highest BCUT2D eigenvalue weighted by Gasteiger charge is 2.08. The fraction of sp³-hybridized carbons (Fsp3) is 0.250. The first-order valence-electron chi connectivity index (χ1n) is 7.67. The van der Waals surface area contributed by atoms with E-state index in [0.717, 1.165) is 23.1 Å². The first-order chi connectivity index (χ1) is 10.7. The van der Waals surface area contributed by atoms with Crippen LogP contribution < -0.4 is 0 Å². The van der Waals surface area contributed by atoms with Crippen LogP contribution in [0.3, 0.4) is 0 Å². The minimum absolute atomic E-state index is 0.192. The van der Waals surface area contributed by atoms with Gasteiger partial charge in [0.25, 0.3) is 0 Å². The minimum Gasteiger partial charge on any atom is -0.294 e. The molecule has 22 heavy (non-hydrogen) atoms. The van der Waals surface area contributed by atoms with E-state index in [4.69, 9.17) is 0 Å². The molecule has 0 radical (unpaired) electrons. The molecule has 1 aromatic heterocycles. The van der Waals surface area contributed by atoms with E-state index in [1.165, 1.54) is 10.1 Å². The average molecular weight is 310 g/mol. The lowest BCUT2D eigenvalue weighted by atomic mass is 9.98. The van der Waals surface area contributed by atoms with Crippen molar-refractivity contribution in [2.24, 2.45) is 0 Å². The number of benzene rings is 1. The van der Waals surface area contributed by atoms with Crippen molar-refractivity contribution in [3.63, 3.8) is 0 Å². The SMILES string of the molecule is C=C(CCC(=O)C(/C=C\C)=C/CC)c1ccc2sccc2c1. The van der Waals surface area contributed by atoms with E-state index in [0.29, 0.717) is 12.8 Å². The van der Waals surface area contributed by atoms with Gasteiger partial charge in [-0.3, -0.25) is 4.79 Å². The molecule has 0 aliphatic heterocycles. The van der Waals surface area contributed by atoms with Crippen molar-refractivity contribution in [2.45, 2.75) is 33.1 Å². The summed E-state index contributed by atoms with van der Waals surface area (Å²) in [6.07, 6.45) is 7.89. The summed E-state index contributed by atoms with van der Waals surface area (Å²) in [7, 11) is 0. The summed E-state index contributed by atoms with van der Waals surface area (Å²) in [4.78, 5) is 12.3. The Kier molecular flexibility index (Phi) is 5.91. The van der Waals surface area contributed by atoms with E-state index in [1.807, 2.05) is 32.1 Å². The van der Waals surface area contributed by atoms with E-state index in [1.54, 1.807) is 11.3 Å². The van der Waals surface area contributed by atoms with Gasteiger partial charge in [-0.1, -0.05) is 37.8 Å². The fourth-order valence-electron chi connectivity index (χ4n) is 2.41. The molecule has 0 N–H and O–H groups in total. The number of carbonyl (C=O) groups excluding carboxylic acids is 1. The summed E-state index contributed by atoms with van der Waals surface area (Å²) < 4.78 is 1.29. The molecule has 0 saturated carbocycles. The highest BCUT2D eigenvalue weighted by atomic mass is 32.1. The summed E-state index contributed by atoms with van der Waals surface area (Å²) in [6.45, 7) is 8.14. The topological polar surface area (TPSA) is 17.1 Å². The Bertz CT molecular complexity index is 731. The molecule has 0 fully saturated rings. The van der Waals surface area contributed by atoms with Crippen molar-refractivity contribution in [3.05, 3.63) is 65.6 Å². The van der Waals surface area contributed by atoms with Gasteiger partial charge in [0.05, 0.1) is 0 Å². The molecule has 0 unspecified atom stereocenters. The lowest BCUT2D eigenvalue weighted by molar-refractivity contribution is -0.115. The summed E-state index contributed by atoms with van der Waals surface area (Å²) in [5.74, 6) is 0.192. The zero-order valence-electron chi connectivity index (χ0n) is 13.3. The normalized spacial score (nSPS) is 12.2.